The summed E-state index contributed by atoms with van der Waals surface area (Å²) in [6.07, 6.45) is 1.95. The Hall–Kier alpha value is -2.56. The minimum atomic E-state index is -0.125. The van der Waals surface area contributed by atoms with Gasteiger partial charge in [-0.15, -0.1) is 34.2 Å². The smallest absolute Gasteiger partial charge is 0.231 e. The van der Waals surface area contributed by atoms with E-state index in [2.05, 4.69) is 45.7 Å². The lowest BCUT2D eigenvalue weighted by Crippen LogP contribution is -2.43. The molecule has 3 heterocycles. The Balaban J connectivity index is 0.00000240. The number of nitrogens with one attached hydrogen (secondary N) is 2. The number of guanidine groups is 1. The van der Waals surface area contributed by atoms with Gasteiger partial charge in [-0.05, 0) is 29.8 Å². The van der Waals surface area contributed by atoms with Crippen LogP contribution in [0.2, 0.25) is 0 Å². The topological polar surface area (TPSA) is 85.1 Å². The molecule has 0 spiro atoms. The summed E-state index contributed by atoms with van der Waals surface area (Å²) >= 11 is 0. The predicted molar refractivity (Wildman–Crippen MR) is 122 cm³/mol. The molecule has 0 saturated carbocycles. The summed E-state index contributed by atoms with van der Waals surface area (Å²) in [6, 6.07) is 11.9. The fourth-order valence-corrected chi connectivity index (χ4v) is 3.12. The Morgan fingerprint density at radius 3 is 2.79 bits per heavy atom. The molecule has 1 aliphatic rings. The van der Waals surface area contributed by atoms with E-state index in [-0.39, 0.29) is 36.2 Å². The molecule has 0 bridgehead atoms. The standard InChI is InChI=1S/C20H24N6O2.HI/c1-20(2,14-7-8-15-16(10-14)28-13-27-15)12-23-19(21-3)22-11-18-25-24-17-6-4-5-9-26(17)18;/h4-10H,11-13H2,1-3H3,(H2,21,22,23);1H. The van der Waals surface area contributed by atoms with E-state index in [1.165, 1.54) is 5.56 Å². The quantitative estimate of drug-likeness (QED) is 0.313. The number of fused-ring (bicyclic) bond motifs is 2. The van der Waals surface area contributed by atoms with Crippen molar-refractivity contribution in [1.29, 1.82) is 0 Å². The highest BCUT2D eigenvalue weighted by Crippen LogP contribution is 2.36. The molecule has 2 aromatic heterocycles. The van der Waals surface area contributed by atoms with E-state index in [1.807, 2.05) is 40.9 Å². The third-order valence-corrected chi connectivity index (χ3v) is 4.87. The summed E-state index contributed by atoms with van der Waals surface area (Å²) in [5, 5.41) is 15.1. The number of hydrogen-bond donors (Lipinski definition) is 2. The molecular formula is C20H25IN6O2. The lowest BCUT2D eigenvalue weighted by molar-refractivity contribution is 0.174. The van der Waals surface area contributed by atoms with Gasteiger partial charge in [0.1, 0.15) is 0 Å². The minimum Gasteiger partial charge on any atom is -0.454 e. The molecule has 0 saturated heterocycles. The fraction of sp³-hybridized carbons (Fsp3) is 0.350. The first kappa shape index (κ1) is 21.2. The van der Waals surface area contributed by atoms with E-state index >= 15 is 0 Å². The van der Waals surface area contributed by atoms with E-state index in [0.717, 1.165) is 23.0 Å². The van der Waals surface area contributed by atoms with Gasteiger partial charge in [0.15, 0.2) is 28.9 Å². The summed E-state index contributed by atoms with van der Waals surface area (Å²) < 4.78 is 12.9. The van der Waals surface area contributed by atoms with Crippen molar-refractivity contribution in [1.82, 2.24) is 25.2 Å². The first-order valence-electron chi connectivity index (χ1n) is 9.20. The predicted octanol–water partition coefficient (Wildman–Crippen LogP) is 2.72. The van der Waals surface area contributed by atoms with Crippen LogP contribution in [0.25, 0.3) is 5.65 Å². The zero-order chi connectivity index (χ0) is 19.6. The average molecular weight is 508 g/mol. The molecule has 3 aromatic rings. The molecule has 0 amide bonds. The maximum Gasteiger partial charge on any atom is 0.231 e. The van der Waals surface area contributed by atoms with E-state index in [1.54, 1.807) is 7.05 Å². The number of hydrogen-bond acceptors (Lipinski definition) is 5. The molecular weight excluding hydrogens is 483 g/mol. The van der Waals surface area contributed by atoms with Crippen LogP contribution >= 0.6 is 24.0 Å². The second-order valence-corrected chi connectivity index (χ2v) is 7.28. The van der Waals surface area contributed by atoms with Crippen molar-refractivity contribution in [2.24, 2.45) is 4.99 Å². The van der Waals surface area contributed by atoms with Crippen molar-refractivity contribution in [3.63, 3.8) is 0 Å². The SMILES string of the molecule is CN=C(NCc1nnc2ccccn12)NCC(C)(C)c1ccc2c(c1)OCO2.I. The van der Waals surface area contributed by atoms with Crippen molar-refractivity contribution in [2.45, 2.75) is 25.8 Å². The summed E-state index contributed by atoms with van der Waals surface area (Å²) in [5.74, 6) is 3.13. The second kappa shape index (κ2) is 8.85. The lowest BCUT2D eigenvalue weighted by Gasteiger charge is -2.27. The first-order valence-corrected chi connectivity index (χ1v) is 9.20. The maximum atomic E-state index is 5.50. The molecule has 154 valence electrons. The number of halogens is 1. The van der Waals surface area contributed by atoms with Gasteiger partial charge < -0.3 is 20.1 Å². The van der Waals surface area contributed by atoms with Gasteiger partial charge >= 0.3 is 0 Å². The number of pyridine rings is 1. The lowest BCUT2D eigenvalue weighted by atomic mass is 9.84. The Labute approximate surface area is 186 Å². The van der Waals surface area contributed by atoms with E-state index in [9.17, 15) is 0 Å². The normalized spacial score (nSPS) is 13.3. The third-order valence-electron chi connectivity index (χ3n) is 4.87. The van der Waals surface area contributed by atoms with Crippen LogP contribution in [0.4, 0.5) is 0 Å². The molecule has 2 N–H and O–H groups in total. The molecule has 4 rings (SSSR count). The summed E-state index contributed by atoms with van der Waals surface area (Å²) in [5.41, 5.74) is 1.87. The number of rotatable bonds is 5. The molecule has 0 atom stereocenters. The van der Waals surface area contributed by atoms with Gasteiger partial charge in [0, 0.05) is 25.2 Å². The van der Waals surface area contributed by atoms with E-state index in [4.69, 9.17) is 9.47 Å². The van der Waals surface area contributed by atoms with Gasteiger partial charge in [0.25, 0.3) is 0 Å². The average Bonchev–Trinajstić information content (AvgIpc) is 3.34. The van der Waals surface area contributed by atoms with Crippen molar-refractivity contribution >= 4 is 35.6 Å². The zero-order valence-corrected chi connectivity index (χ0v) is 19.0. The molecule has 0 unspecified atom stereocenters. The Morgan fingerprint density at radius 2 is 1.97 bits per heavy atom. The highest BCUT2D eigenvalue weighted by Gasteiger charge is 2.24. The van der Waals surface area contributed by atoms with Crippen LogP contribution in [0.1, 0.15) is 25.2 Å². The highest BCUT2D eigenvalue weighted by molar-refractivity contribution is 14.0. The first-order chi connectivity index (χ1) is 13.6. The molecule has 0 radical (unpaired) electrons. The van der Waals surface area contributed by atoms with Crippen molar-refractivity contribution in [2.75, 3.05) is 20.4 Å². The maximum absolute atomic E-state index is 5.50. The van der Waals surface area contributed by atoms with Crippen LogP contribution in [-0.4, -0.2) is 40.9 Å². The van der Waals surface area contributed by atoms with Crippen LogP contribution in [0.15, 0.2) is 47.6 Å². The van der Waals surface area contributed by atoms with Crippen LogP contribution in [0, 0.1) is 0 Å². The van der Waals surface area contributed by atoms with E-state index < -0.39 is 0 Å². The van der Waals surface area contributed by atoms with Crippen molar-refractivity contribution < 1.29 is 9.47 Å². The number of benzene rings is 1. The zero-order valence-electron chi connectivity index (χ0n) is 16.7. The molecule has 9 heteroatoms. The molecule has 0 fully saturated rings. The fourth-order valence-electron chi connectivity index (χ4n) is 3.12. The van der Waals surface area contributed by atoms with Crippen LogP contribution in [-0.2, 0) is 12.0 Å². The largest absolute Gasteiger partial charge is 0.454 e. The van der Waals surface area contributed by atoms with E-state index in [0.29, 0.717) is 19.0 Å². The van der Waals surface area contributed by atoms with Crippen LogP contribution in [0.3, 0.4) is 0 Å². The monoisotopic (exact) mass is 508 g/mol. The minimum absolute atomic E-state index is 0. The summed E-state index contributed by atoms with van der Waals surface area (Å²) in [6.45, 7) is 5.86. The Kier molecular flexibility index (Phi) is 6.46. The Bertz CT molecular complexity index is 1020. The van der Waals surface area contributed by atoms with Crippen LogP contribution in [0.5, 0.6) is 11.5 Å². The van der Waals surface area contributed by atoms with Gasteiger partial charge in [-0.1, -0.05) is 26.0 Å². The molecule has 8 nitrogen and oxygen atoms in total. The molecule has 1 aromatic carbocycles. The number of aromatic nitrogens is 3. The number of ether oxygens (including phenoxy) is 2. The van der Waals surface area contributed by atoms with Crippen LogP contribution < -0.4 is 20.1 Å². The van der Waals surface area contributed by atoms with Gasteiger partial charge in [-0.2, -0.15) is 0 Å². The van der Waals surface area contributed by atoms with Gasteiger partial charge in [0.05, 0.1) is 6.54 Å². The summed E-state index contributed by atoms with van der Waals surface area (Å²) in [4.78, 5) is 4.31. The summed E-state index contributed by atoms with van der Waals surface area (Å²) in [7, 11) is 1.75. The molecule has 0 aliphatic carbocycles. The third kappa shape index (κ3) is 4.55. The van der Waals surface area contributed by atoms with Gasteiger partial charge in [-0.3, -0.25) is 9.39 Å². The molecule has 29 heavy (non-hydrogen) atoms. The second-order valence-electron chi connectivity index (χ2n) is 7.28. The number of aliphatic imine (C=N–C) groups is 1. The van der Waals surface area contributed by atoms with Crippen molar-refractivity contribution in [3.05, 3.63) is 54.0 Å². The van der Waals surface area contributed by atoms with Gasteiger partial charge in [0.2, 0.25) is 6.79 Å². The molecule has 1 aliphatic heterocycles. The number of nitrogens with zero attached hydrogens (tertiary/aromatic N) is 4. The Morgan fingerprint density at radius 1 is 1.14 bits per heavy atom. The van der Waals surface area contributed by atoms with Crippen molar-refractivity contribution in [3.8, 4) is 11.5 Å². The van der Waals surface area contributed by atoms with Gasteiger partial charge in [-0.25, -0.2) is 0 Å². The highest BCUT2D eigenvalue weighted by atomic mass is 127.